The van der Waals surface area contributed by atoms with E-state index in [4.69, 9.17) is 28.4 Å². The number of hydrogen-bond acceptors (Lipinski definition) is 15. The van der Waals surface area contributed by atoms with Gasteiger partial charge in [-0.2, -0.15) is 0 Å². The molecule has 0 spiro atoms. The van der Waals surface area contributed by atoms with Crippen LogP contribution in [0.3, 0.4) is 0 Å². The van der Waals surface area contributed by atoms with Gasteiger partial charge < -0.3 is 64.1 Å². The highest BCUT2D eigenvalue weighted by Crippen LogP contribution is 2.41. The third-order valence-electron chi connectivity index (χ3n) is 12.0. The van der Waals surface area contributed by atoms with Crippen LogP contribution < -0.4 is 0 Å². The van der Waals surface area contributed by atoms with Gasteiger partial charge in [0.25, 0.3) is 0 Å². The number of cyclic esters (lactones) is 1. The van der Waals surface area contributed by atoms with E-state index < -0.39 is 102 Å². The highest BCUT2D eigenvalue weighted by atomic mass is 16.7. The number of oxime groups is 1. The van der Waals surface area contributed by atoms with Gasteiger partial charge in [-0.05, 0) is 74.9 Å². The van der Waals surface area contributed by atoms with Gasteiger partial charge in [0.15, 0.2) is 12.6 Å². The quantitative estimate of drug-likeness (QED) is 0.125. The van der Waals surface area contributed by atoms with E-state index in [1.54, 1.807) is 55.4 Å². The van der Waals surface area contributed by atoms with Crippen molar-refractivity contribution >= 4 is 11.7 Å². The van der Waals surface area contributed by atoms with Crippen molar-refractivity contribution < 1.29 is 64.0 Å². The summed E-state index contributed by atoms with van der Waals surface area (Å²) in [6.07, 6.45) is -9.51. The average Bonchev–Trinajstić information content (AvgIpc) is 3.06. The number of ether oxygens (including phenoxy) is 6. The number of hydrogen-bond donors (Lipinski definition) is 6. The molecule has 3 rings (SSSR count). The molecule has 0 aromatic heterocycles. The Kier molecular flexibility index (Phi) is 15.1. The lowest BCUT2D eigenvalue weighted by molar-refractivity contribution is -0.317. The lowest BCUT2D eigenvalue weighted by atomic mass is 9.73. The van der Waals surface area contributed by atoms with Crippen molar-refractivity contribution in [1.82, 2.24) is 4.90 Å². The van der Waals surface area contributed by atoms with Crippen LogP contribution in [0.5, 0.6) is 0 Å². The van der Waals surface area contributed by atoms with Crippen molar-refractivity contribution in [1.29, 1.82) is 0 Å². The second kappa shape index (κ2) is 17.5. The molecule has 3 aliphatic heterocycles. The smallest absolute Gasteiger partial charge is 0.311 e. The molecule has 52 heavy (non-hydrogen) atoms. The van der Waals surface area contributed by atoms with Crippen molar-refractivity contribution in [3.63, 3.8) is 0 Å². The number of nitrogens with zero attached hydrogens (tertiary/aromatic N) is 2. The van der Waals surface area contributed by atoms with E-state index >= 15 is 0 Å². The van der Waals surface area contributed by atoms with Gasteiger partial charge in [-0.1, -0.05) is 32.9 Å². The normalized spacial score (nSPS) is 49.8. The van der Waals surface area contributed by atoms with Gasteiger partial charge in [0.1, 0.15) is 23.9 Å². The molecule has 304 valence electrons. The molecule has 3 heterocycles. The Morgan fingerprint density at radius 2 is 1.54 bits per heavy atom. The van der Waals surface area contributed by atoms with E-state index in [1.165, 1.54) is 14.0 Å². The highest BCUT2D eigenvalue weighted by molar-refractivity contribution is 5.88. The largest absolute Gasteiger partial charge is 0.459 e. The van der Waals surface area contributed by atoms with Gasteiger partial charge in [0.05, 0.1) is 53.4 Å². The zero-order valence-corrected chi connectivity index (χ0v) is 33.4. The molecule has 15 nitrogen and oxygen atoms in total. The zero-order chi connectivity index (χ0) is 39.7. The second-order valence-electron chi connectivity index (χ2n) is 16.6. The number of aliphatic hydroxyl groups excluding tert-OH is 3. The summed E-state index contributed by atoms with van der Waals surface area (Å²) in [6, 6.07) is -0.322. The molecule has 18 atom stereocenters. The first kappa shape index (κ1) is 44.9. The lowest BCUT2D eigenvalue weighted by Crippen LogP contribution is -2.61. The molecule has 0 bridgehead atoms. The minimum atomic E-state index is -1.97. The Morgan fingerprint density at radius 3 is 2.08 bits per heavy atom. The van der Waals surface area contributed by atoms with Crippen LogP contribution in [0.4, 0.5) is 0 Å². The molecule has 3 fully saturated rings. The maximum Gasteiger partial charge on any atom is 0.311 e. The highest BCUT2D eigenvalue weighted by Gasteiger charge is 2.53. The molecule has 0 saturated carbocycles. The predicted molar refractivity (Wildman–Crippen MR) is 190 cm³/mol. The molecule has 2 unspecified atom stereocenters. The summed E-state index contributed by atoms with van der Waals surface area (Å²) >= 11 is 0. The van der Waals surface area contributed by atoms with Gasteiger partial charge in [0, 0.05) is 37.3 Å². The number of likely N-dealkylation sites (N-methyl/N-ethyl adjacent to an activating group) is 1. The van der Waals surface area contributed by atoms with Crippen LogP contribution in [0.15, 0.2) is 5.16 Å². The average molecular weight is 749 g/mol. The van der Waals surface area contributed by atoms with Crippen molar-refractivity contribution in [3.05, 3.63) is 0 Å². The summed E-state index contributed by atoms with van der Waals surface area (Å²) in [4.78, 5) is 16.0. The van der Waals surface area contributed by atoms with Gasteiger partial charge in [-0.3, -0.25) is 4.79 Å². The minimum absolute atomic E-state index is 0.0657. The fourth-order valence-corrected chi connectivity index (χ4v) is 8.61. The number of rotatable bonds is 7. The maximum absolute atomic E-state index is 14.1. The molecule has 6 N–H and O–H groups in total. The van der Waals surface area contributed by atoms with Crippen molar-refractivity contribution in [2.75, 3.05) is 21.2 Å². The van der Waals surface area contributed by atoms with Crippen LogP contribution in [0.1, 0.15) is 94.9 Å². The Labute approximate surface area is 309 Å². The van der Waals surface area contributed by atoms with E-state index in [0.29, 0.717) is 6.42 Å². The predicted octanol–water partition coefficient (Wildman–Crippen LogP) is 2.05. The lowest BCUT2D eigenvalue weighted by Gasteiger charge is -2.49. The molecule has 0 radical (unpaired) electrons. The summed E-state index contributed by atoms with van der Waals surface area (Å²) in [7, 11) is 5.19. The van der Waals surface area contributed by atoms with Crippen molar-refractivity contribution in [2.45, 2.75) is 179 Å². The number of carbonyl (C=O) groups excluding carboxylic acids is 1. The van der Waals surface area contributed by atoms with E-state index in [9.17, 15) is 35.5 Å². The number of esters is 1. The Bertz CT molecular complexity index is 1200. The first-order valence-electron chi connectivity index (χ1n) is 18.7. The van der Waals surface area contributed by atoms with Crippen LogP contribution in [0, 0.1) is 23.7 Å². The van der Waals surface area contributed by atoms with Gasteiger partial charge >= 0.3 is 5.97 Å². The molecule has 3 aliphatic rings. The van der Waals surface area contributed by atoms with Gasteiger partial charge in [-0.15, -0.1) is 0 Å². The van der Waals surface area contributed by atoms with E-state index in [-0.39, 0.29) is 37.1 Å². The third kappa shape index (κ3) is 9.47. The monoisotopic (exact) mass is 748 g/mol. The maximum atomic E-state index is 14.1. The minimum Gasteiger partial charge on any atom is -0.459 e. The Hall–Kier alpha value is -1.50. The second-order valence-corrected chi connectivity index (χ2v) is 16.6. The summed E-state index contributed by atoms with van der Waals surface area (Å²) in [5, 5.41) is 71.8. The van der Waals surface area contributed by atoms with Crippen LogP contribution in [0.2, 0.25) is 0 Å². The molecular weight excluding hydrogens is 680 g/mol. The van der Waals surface area contributed by atoms with Gasteiger partial charge in [0.2, 0.25) is 0 Å². The Morgan fingerprint density at radius 1 is 0.923 bits per heavy atom. The summed E-state index contributed by atoms with van der Waals surface area (Å²) in [6.45, 7) is 16.6. The standard InChI is InChI=1S/C37H68N2O13/c1-14-25-37(10,45)30(41)20(4)27(38-46)18(2)16-35(8,44)32(52-34-28(40)24(39(11)12)15-19(3)48-34)21(5)29(22(6)33(43)50-25)51-26-17-36(9,47-13)31(42)23(7)49-26/h18-26,28-32,34,40-42,44-46H,14-17H2,1-13H3/t18-,19-,20+,21+,22-,23+,24+,25-,26?,28-,29+,30-,31+,32-,34?,35-,36-,37-/m1/s1. The first-order chi connectivity index (χ1) is 24.0. The van der Waals surface area contributed by atoms with Crippen LogP contribution in [-0.4, -0.2) is 153 Å². The van der Waals surface area contributed by atoms with E-state index in [0.717, 1.165) is 0 Å². The molecule has 15 heteroatoms. The van der Waals surface area contributed by atoms with Gasteiger partial charge in [-0.25, -0.2) is 0 Å². The van der Waals surface area contributed by atoms with E-state index in [1.807, 2.05) is 25.9 Å². The third-order valence-corrected chi connectivity index (χ3v) is 12.0. The summed E-state index contributed by atoms with van der Waals surface area (Å²) in [5.41, 5.74) is -4.68. The van der Waals surface area contributed by atoms with Crippen LogP contribution in [-0.2, 0) is 33.2 Å². The zero-order valence-electron chi connectivity index (χ0n) is 33.4. The van der Waals surface area contributed by atoms with Crippen LogP contribution in [0.25, 0.3) is 0 Å². The molecule has 0 amide bonds. The fraction of sp³-hybridized carbons (Fsp3) is 0.946. The van der Waals surface area contributed by atoms with E-state index in [2.05, 4.69) is 5.16 Å². The molecular formula is C37H68N2O13. The molecule has 0 aromatic carbocycles. The van der Waals surface area contributed by atoms with Crippen molar-refractivity contribution in [3.8, 4) is 0 Å². The summed E-state index contributed by atoms with van der Waals surface area (Å²) in [5.74, 6) is -4.24. The molecule has 3 saturated heterocycles. The first-order valence-corrected chi connectivity index (χ1v) is 18.7. The summed E-state index contributed by atoms with van der Waals surface area (Å²) < 4.78 is 37.2. The number of methoxy groups -OCH3 is 1. The molecule has 0 aliphatic carbocycles. The Balaban J connectivity index is 2.21. The number of aliphatic hydroxyl groups is 5. The van der Waals surface area contributed by atoms with Crippen LogP contribution >= 0.6 is 0 Å². The fourth-order valence-electron chi connectivity index (χ4n) is 8.61. The SMILES string of the molecule is CC[C@H]1OC(=O)[C@H](C)[C@@H](OC2C[C@@](C)(OC)[C@@H](O)[C@H](C)O2)[C@H](C)[C@@H](OC2O[C@H](C)C[C@H](N(C)C)[C@H]2O)[C@](C)(O)C[C@@H](C)C(=NO)[C@H](C)[C@@H](O)[C@]1(C)O. The van der Waals surface area contributed by atoms with Crippen molar-refractivity contribution in [2.24, 2.45) is 28.8 Å². The topological polar surface area (TPSA) is 209 Å². The number of carbonyl (C=O) groups is 1. The molecule has 0 aromatic rings.